The molecule has 106 valence electrons. The highest BCUT2D eigenvalue weighted by Crippen LogP contribution is 2.47. The Labute approximate surface area is 117 Å². The molecule has 1 heterocycles. The van der Waals surface area contributed by atoms with Crippen molar-refractivity contribution in [2.75, 3.05) is 10.6 Å². The number of imide groups is 1. The van der Waals surface area contributed by atoms with E-state index >= 15 is 0 Å². The molecule has 1 aliphatic carbocycles. The van der Waals surface area contributed by atoms with Crippen molar-refractivity contribution in [1.29, 1.82) is 0 Å². The second-order valence-electron chi connectivity index (χ2n) is 5.80. The third kappa shape index (κ3) is 1.85. The Morgan fingerprint density at radius 1 is 1.15 bits per heavy atom. The fraction of sp³-hybridized carbons (Fsp3) is 0.467. The number of carbonyl (C=O) groups excluding carboxylic acids is 2. The van der Waals surface area contributed by atoms with Gasteiger partial charge in [0.15, 0.2) is 0 Å². The first-order chi connectivity index (χ1) is 9.53. The van der Waals surface area contributed by atoms with Crippen LogP contribution >= 0.6 is 0 Å². The molecule has 1 aliphatic heterocycles. The minimum absolute atomic E-state index is 0.0257. The highest BCUT2D eigenvalue weighted by atomic mass is 16.3. The number of anilines is 2. The first-order valence-electron chi connectivity index (χ1n) is 6.99. The molecule has 5 heteroatoms. The molecule has 5 nitrogen and oxygen atoms in total. The average Bonchev–Trinajstić information content (AvgIpc) is 2.63. The summed E-state index contributed by atoms with van der Waals surface area (Å²) in [5.74, 6) is -0.286. The number of nitrogen functional groups attached to an aromatic ring is 1. The third-order valence-electron chi connectivity index (χ3n) is 4.46. The SMILES string of the molecule is Nc1cc(O)ccc1N1C(=O)CC2(CCCCC2)C1=O. The minimum atomic E-state index is -0.514. The van der Waals surface area contributed by atoms with Crippen molar-refractivity contribution in [2.24, 2.45) is 5.41 Å². The van der Waals surface area contributed by atoms with E-state index in [1.165, 1.54) is 23.1 Å². The first-order valence-corrected chi connectivity index (χ1v) is 6.99. The van der Waals surface area contributed by atoms with Crippen LogP contribution in [0.2, 0.25) is 0 Å². The van der Waals surface area contributed by atoms with Gasteiger partial charge in [0.2, 0.25) is 11.8 Å². The first kappa shape index (κ1) is 13.0. The highest BCUT2D eigenvalue weighted by molar-refractivity contribution is 6.23. The molecule has 0 bridgehead atoms. The lowest BCUT2D eigenvalue weighted by atomic mass is 9.73. The second kappa shape index (κ2) is 4.51. The summed E-state index contributed by atoms with van der Waals surface area (Å²) in [4.78, 5) is 26.2. The van der Waals surface area contributed by atoms with Crippen molar-refractivity contribution in [3.8, 4) is 5.75 Å². The number of benzene rings is 1. The topological polar surface area (TPSA) is 83.6 Å². The Morgan fingerprint density at radius 2 is 1.85 bits per heavy atom. The number of nitrogens with two attached hydrogens (primary N) is 1. The van der Waals surface area contributed by atoms with Gasteiger partial charge in [-0.25, -0.2) is 4.90 Å². The number of phenolic OH excluding ortho intramolecular Hbond substituents is 1. The number of hydrogen-bond acceptors (Lipinski definition) is 4. The molecule has 0 unspecified atom stereocenters. The van der Waals surface area contributed by atoms with Gasteiger partial charge in [0, 0.05) is 12.5 Å². The molecular formula is C15H18N2O3. The largest absolute Gasteiger partial charge is 0.508 e. The summed E-state index contributed by atoms with van der Waals surface area (Å²) in [5.41, 5.74) is 5.96. The van der Waals surface area contributed by atoms with Crippen molar-refractivity contribution < 1.29 is 14.7 Å². The summed E-state index contributed by atoms with van der Waals surface area (Å²) < 4.78 is 0. The van der Waals surface area contributed by atoms with Gasteiger partial charge in [-0.1, -0.05) is 19.3 Å². The molecule has 1 aromatic carbocycles. The van der Waals surface area contributed by atoms with E-state index < -0.39 is 5.41 Å². The van der Waals surface area contributed by atoms with Crippen LogP contribution in [-0.2, 0) is 9.59 Å². The van der Waals surface area contributed by atoms with Crippen LogP contribution in [0.5, 0.6) is 5.75 Å². The van der Waals surface area contributed by atoms with Crippen LogP contribution in [0.1, 0.15) is 38.5 Å². The summed E-state index contributed by atoms with van der Waals surface area (Å²) in [6.07, 6.45) is 4.98. The van der Waals surface area contributed by atoms with Gasteiger partial charge >= 0.3 is 0 Å². The van der Waals surface area contributed by atoms with Gasteiger partial charge in [-0.2, -0.15) is 0 Å². The van der Waals surface area contributed by atoms with E-state index in [4.69, 9.17) is 5.73 Å². The van der Waals surface area contributed by atoms with Gasteiger partial charge < -0.3 is 10.8 Å². The Morgan fingerprint density at radius 3 is 2.50 bits per heavy atom. The standard InChI is InChI=1S/C15H18N2O3/c16-11-8-10(18)4-5-12(11)17-13(19)9-15(14(17)20)6-2-1-3-7-15/h4-5,8,18H,1-3,6-7,9,16H2. The van der Waals surface area contributed by atoms with Gasteiger partial charge in [0.1, 0.15) is 5.75 Å². The van der Waals surface area contributed by atoms with Crippen molar-refractivity contribution in [3.63, 3.8) is 0 Å². The lowest BCUT2D eigenvalue weighted by Crippen LogP contribution is -2.37. The van der Waals surface area contributed by atoms with Crippen LogP contribution in [0.3, 0.4) is 0 Å². The monoisotopic (exact) mass is 274 g/mol. The number of nitrogens with zero attached hydrogens (tertiary/aromatic N) is 1. The molecule has 1 saturated carbocycles. The maximum atomic E-state index is 12.7. The molecule has 0 aromatic heterocycles. The summed E-state index contributed by atoms with van der Waals surface area (Å²) in [5, 5.41) is 9.39. The van der Waals surface area contributed by atoms with E-state index in [2.05, 4.69) is 0 Å². The van der Waals surface area contributed by atoms with Crippen LogP contribution in [0, 0.1) is 5.41 Å². The molecule has 2 amide bonds. The average molecular weight is 274 g/mol. The molecule has 0 atom stereocenters. The van der Waals surface area contributed by atoms with E-state index in [1.807, 2.05) is 0 Å². The fourth-order valence-electron chi connectivity index (χ4n) is 3.40. The molecule has 3 rings (SSSR count). The molecule has 2 aliphatic rings. The molecule has 1 aromatic rings. The Kier molecular flexibility index (Phi) is 2.92. The number of carbonyl (C=O) groups is 2. The number of amides is 2. The maximum absolute atomic E-state index is 12.7. The van der Waals surface area contributed by atoms with Crippen molar-refractivity contribution >= 4 is 23.2 Å². The second-order valence-corrected chi connectivity index (χ2v) is 5.80. The maximum Gasteiger partial charge on any atom is 0.240 e. The van der Waals surface area contributed by atoms with Crippen LogP contribution < -0.4 is 10.6 Å². The summed E-state index contributed by atoms with van der Waals surface area (Å²) in [6, 6.07) is 4.34. The zero-order valence-corrected chi connectivity index (χ0v) is 11.3. The Balaban J connectivity index is 1.98. The minimum Gasteiger partial charge on any atom is -0.508 e. The third-order valence-corrected chi connectivity index (χ3v) is 4.46. The lowest BCUT2D eigenvalue weighted by molar-refractivity contribution is -0.127. The van der Waals surface area contributed by atoms with Gasteiger partial charge in [-0.15, -0.1) is 0 Å². The van der Waals surface area contributed by atoms with Crippen molar-refractivity contribution in [3.05, 3.63) is 18.2 Å². The van der Waals surface area contributed by atoms with E-state index in [0.717, 1.165) is 32.1 Å². The molecule has 1 spiro atoms. The molecule has 0 radical (unpaired) electrons. The zero-order valence-electron chi connectivity index (χ0n) is 11.3. The highest BCUT2D eigenvalue weighted by Gasteiger charge is 2.52. The van der Waals surface area contributed by atoms with Gasteiger partial charge in [0.05, 0.1) is 16.8 Å². The van der Waals surface area contributed by atoms with Crippen LogP contribution in [0.4, 0.5) is 11.4 Å². The molecule has 20 heavy (non-hydrogen) atoms. The van der Waals surface area contributed by atoms with Crippen LogP contribution in [-0.4, -0.2) is 16.9 Å². The van der Waals surface area contributed by atoms with Gasteiger partial charge in [0.25, 0.3) is 0 Å². The summed E-state index contributed by atoms with van der Waals surface area (Å²) >= 11 is 0. The van der Waals surface area contributed by atoms with Crippen LogP contribution in [0.15, 0.2) is 18.2 Å². The Hall–Kier alpha value is -2.04. The van der Waals surface area contributed by atoms with Crippen LogP contribution in [0.25, 0.3) is 0 Å². The molecular weight excluding hydrogens is 256 g/mol. The predicted molar refractivity (Wildman–Crippen MR) is 75.1 cm³/mol. The molecule has 2 fully saturated rings. The van der Waals surface area contributed by atoms with Crippen molar-refractivity contribution in [2.45, 2.75) is 38.5 Å². The predicted octanol–water partition coefficient (Wildman–Crippen LogP) is 2.19. The molecule has 3 N–H and O–H groups in total. The zero-order chi connectivity index (χ0) is 14.3. The lowest BCUT2D eigenvalue weighted by Gasteiger charge is -2.30. The van der Waals surface area contributed by atoms with Gasteiger partial charge in [-0.3, -0.25) is 9.59 Å². The number of aromatic hydroxyl groups is 1. The summed E-state index contributed by atoms with van der Waals surface area (Å²) in [7, 11) is 0. The number of phenols is 1. The van der Waals surface area contributed by atoms with E-state index in [0.29, 0.717) is 5.69 Å². The fourth-order valence-corrected chi connectivity index (χ4v) is 3.40. The van der Waals surface area contributed by atoms with E-state index in [9.17, 15) is 14.7 Å². The van der Waals surface area contributed by atoms with Crippen molar-refractivity contribution in [1.82, 2.24) is 0 Å². The Bertz CT molecular complexity index is 576. The van der Waals surface area contributed by atoms with E-state index in [1.54, 1.807) is 0 Å². The smallest absolute Gasteiger partial charge is 0.240 e. The number of rotatable bonds is 1. The van der Waals surface area contributed by atoms with Gasteiger partial charge in [-0.05, 0) is 25.0 Å². The normalized spacial score (nSPS) is 21.7. The summed E-state index contributed by atoms with van der Waals surface area (Å²) in [6.45, 7) is 0. The number of hydrogen-bond donors (Lipinski definition) is 2. The quantitative estimate of drug-likeness (QED) is 0.607. The van der Waals surface area contributed by atoms with E-state index in [-0.39, 0.29) is 29.7 Å². The molecule has 1 saturated heterocycles.